The molecule has 0 atom stereocenters. The summed E-state index contributed by atoms with van der Waals surface area (Å²) in [6.07, 6.45) is 2.58. The summed E-state index contributed by atoms with van der Waals surface area (Å²) in [6.45, 7) is 4.73. The van der Waals surface area contributed by atoms with Gasteiger partial charge in [-0.05, 0) is 25.7 Å². The highest BCUT2D eigenvalue weighted by molar-refractivity contribution is 6.08. The van der Waals surface area contributed by atoms with Gasteiger partial charge in [-0.15, -0.1) is 0 Å². The SMILES string of the molecule is CCC1(CC)NC(=O)N(CC(=O)N2CCC(N)CC2)C1=O. The van der Waals surface area contributed by atoms with Gasteiger partial charge in [0.25, 0.3) is 5.91 Å². The fourth-order valence-electron chi connectivity index (χ4n) is 2.93. The van der Waals surface area contributed by atoms with Crippen LogP contribution in [0.5, 0.6) is 0 Å². The molecule has 0 bridgehead atoms. The van der Waals surface area contributed by atoms with Crippen LogP contribution in [0.3, 0.4) is 0 Å². The van der Waals surface area contributed by atoms with Crippen LogP contribution in [0, 0.1) is 0 Å². The third kappa shape index (κ3) is 2.88. The Balaban J connectivity index is 2.01. The lowest BCUT2D eigenvalue weighted by Gasteiger charge is -2.31. The van der Waals surface area contributed by atoms with E-state index in [-0.39, 0.29) is 24.4 Å². The van der Waals surface area contributed by atoms with Crippen LogP contribution in [0.25, 0.3) is 0 Å². The molecule has 4 amide bonds. The topological polar surface area (TPSA) is 95.7 Å². The first-order chi connectivity index (χ1) is 9.93. The number of amides is 4. The molecule has 2 aliphatic heterocycles. The molecule has 2 aliphatic rings. The van der Waals surface area contributed by atoms with E-state index in [2.05, 4.69) is 5.32 Å². The van der Waals surface area contributed by atoms with E-state index in [9.17, 15) is 14.4 Å². The molecule has 2 fully saturated rings. The number of rotatable bonds is 4. The molecule has 2 rings (SSSR count). The van der Waals surface area contributed by atoms with E-state index in [0.717, 1.165) is 17.7 Å². The summed E-state index contributed by atoms with van der Waals surface area (Å²) in [6, 6.07) is -0.329. The van der Waals surface area contributed by atoms with E-state index in [1.54, 1.807) is 4.90 Å². The molecular formula is C14H24N4O3. The summed E-state index contributed by atoms with van der Waals surface area (Å²) >= 11 is 0. The fraction of sp³-hybridized carbons (Fsp3) is 0.786. The van der Waals surface area contributed by atoms with Crippen molar-refractivity contribution in [3.05, 3.63) is 0 Å². The largest absolute Gasteiger partial charge is 0.341 e. The number of hydrogen-bond donors (Lipinski definition) is 2. The second kappa shape index (κ2) is 6.01. The standard InChI is InChI=1S/C14H24N4O3/c1-3-14(4-2)12(20)18(13(21)16-14)9-11(19)17-7-5-10(15)6-8-17/h10H,3-9,15H2,1-2H3,(H,16,21). The molecule has 0 saturated carbocycles. The normalized spacial score (nSPS) is 22.6. The summed E-state index contributed by atoms with van der Waals surface area (Å²) in [5, 5.41) is 2.73. The number of carbonyl (C=O) groups is 3. The first kappa shape index (κ1) is 15.8. The Morgan fingerprint density at radius 1 is 1.29 bits per heavy atom. The molecule has 21 heavy (non-hydrogen) atoms. The van der Waals surface area contributed by atoms with Crippen molar-refractivity contribution in [1.82, 2.24) is 15.1 Å². The molecule has 2 heterocycles. The van der Waals surface area contributed by atoms with Crippen molar-refractivity contribution < 1.29 is 14.4 Å². The Morgan fingerprint density at radius 3 is 2.33 bits per heavy atom. The molecule has 0 aromatic heterocycles. The Kier molecular flexibility index (Phi) is 4.51. The van der Waals surface area contributed by atoms with Crippen LogP contribution in [-0.4, -0.2) is 58.9 Å². The highest BCUT2D eigenvalue weighted by atomic mass is 16.2. The summed E-state index contributed by atoms with van der Waals surface area (Å²) < 4.78 is 0. The molecule has 7 nitrogen and oxygen atoms in total. The van der Waals surface area contributed by atoms with Crippen molar-refractivity contribution in [3.63, 3.8) is 0 Å². The average Bonchev–Trinajstić information content (AvgIpc) is 2.72. The van der Waals surface area contributed by atoms with Crippen molar-refractivity contribution in [2.24, 2.45) is 5.73 Å². The number of carbonyl (C=O) groups excluding carboxylic acids is 3. The fourth-order valence-corrected chi connectivity index (χ4v) is 2.93. The van der Waals surface area contributed by atoms with Gasteiger partial charge in [-0.2, -0.15) is 0 Å². The quantitative estimate of drug-likeness (QED) is 0.716. The number of hydrogen-bond acceptors (Lipinski definition) is 4. The van der Waals surface area contributed by atoms with Crippen LogP contribution in [0.1, 0.15) is 39.5 Å². The second-order valence-electron chi connectivity index (χ2n) is 5.83. The molecule has 0 aromatic carbocycles. The van der Waals surface area contributed by atoms with Crippen molar-refractivity contribution in [1.29, 1.82) is 0 Å². The van der Waals surface area contributed by atoms with E-state index in [0.29, 0.717) is 25.9 Å². The predicted octanol–water partition coefficient (Wildman–Crippen LogP) is 0.0467. The highest BCUT2D eigenvalue weighted by Gasteiger charge is 2.49. The number of urea groups is 1. The van der Waals surface area contributed by atoms with Gasteiger partial charge in [0.2, 0.25) is 5.91 Å². The lowest BCUT2D eigenvalue weighted by atomic mass is 9.93. The maximum atomic E-state index is 12.4. The van der Waals surface area contributed by atoms with E-state index in [4.69, 9.17) is 5.73 Å². The van der Waals surface area contributed by atoms with Crippen molar-refractivity contribution in [3.8, 4) is 0 Å². The lowest BCUT2D eigenvalue weighted by Crippen LogP contribution is -2.49. The minimum atomic E-state index is -0.846. The maximum absolute atomic E-state index is 12.4. The van der Waals surface area contributed by atoms with Crippen LogP contribution < -0.4 is 11.1 Å². The zero-order valence-electron chi connectivity index (χ0n) is 12.7. The number of nitrogens with two attached hydrogens (primary N) is 1. The molecule has 118 valence electrons. The average molecular weight is 296 g/mol. The number of piperidine rings is 1. The minimum Gasteiger partial charge on any atom is -0.341 e. The highest BCUT2D eigenvalue weighted by Crippen LogP contribution is 2.25. The van der Waals surface area contributed by atoms with Gasteiger partial charge in [0.1, 0.15) is 12.1 Å². The smallest absolute Gasteiger partial charge is 0.325 e. The Labute approximate surface area is 124 Å². The monoisotopic (exact) mass is 296 g/mol. The second-order valence-corrected chi connectivity index (χ2v) is 5.83. The molecule has 2 saturated heterocycles. The van der Waals surface area contributed by atoms with E-state index in [1.165, 1.54) is 0 Å². The van der Waals surface area contributed by atoms with Crippen molar-refractivity contribution >= 4 is 17.8 Å². The minimum absolute atomic E-state index is 0.138. The van der Waals surface area contributed by atoms with Crippen LogP contribution >= 0.6 is 0 Å². The van der Waals surface area contributed by atoms with Gasteiger partial charge in [0.05, 0.1) is 0 Å². The summed E-state index contributed by atoms with van der Waals surface area (Å²) in [4.78, 5) is 39.4. The Bertz CT molecular complexity index is 440. The van der Waals surface area contributed by atoms with Gasteiger partial charge < -0.3 is 16.0 Å². The maximum Gasteiger partial charge on any atom is 0.325 e. The molecule has 3 N–H and O–H groups in total. The van der Waals surface area contributed by atoms with Crippen molar-refractivity contribution in [2.45, 2.75) is 51.1 Å². The summed E-state index contributed by atoms with van der Waals surface area (Å²) in [5.41, 5.74) is 4.96. The molecule has 7 heteroatoms. The van der Waals surface area contributed by atoms with Gasteiger partial charge in [-0.1, -0.05) is 13.8 Å². The van der Waals surface area contributed by atoms with E-state index < -0.39 is 11.6 Å². The zero-order valence-corrected chi connectivity index (χ0v) is 12.7. The third-order valence-electron chi connectivity index (χ3n) is 4.64. The zero-order chi connectivity index (χ0) is 15.6. The van der Waals surface area contributed by atoms with Crippen LogP contribution in [0.4, 0.5) is 4.79 Å². The van der Waals surface area contributed by atoms with Crippen LogP contribution in [0.2, 0.25) is 0 Å². The van der Waals surface area contributed by atoms with Crippen LogP contribution in [0.15, 0.2) is 0 Å². The Morgan fingerprint density at radius 2 is 1.86 bits per heavy atom. The number of nitrogens with zero attached hydrogens (tertiary/aromatic N) is 2. The third-order valence-corrected chi connectivity index (χ3v) is 4.64. The summed E-state index contributed by atoms with van der Waals surface area (Å²) in [5.74, 6) is -0.479. The first-order valence-electron chi connectivity index (χ1n) is 7.61. The van der Waals surface area contributed by atoms with Gasteiger partial charge >= 0.3 is 6.03 Å². The number of nitrogens with one attached hydrogen (secondary N) is 1. The van der Waals surface area contributed by atoms with Gasteiger partial charge in [0.15, 0.2) is 0 Å². The van der Waals surface area contributed by atoms with Gasteiger partial charge in [-0.3, -0.25) is 14.5 Å². The van der Waals surface area contributed by atoms with E-state index >= 15 is 0 Å². The van der Waals surface area contributed by atoms with Gasteiger partial charge in [-0.25, -0.2) is 4.79 Å². The molecule has 0 aliphatic carbocycles. The molecule has 0 spiro atoms. The van der Waals surface area contributed by atoms with Crippen LogP contribution in [-0.2, 0) is 9.59 Å². The molecule has 0 aromatic rings. The number of imide groups is 1. The Hall–Kier alpha value is -1.63. The number of likely N-dealkylation sites (tertiary alicyclic amines) is 1. The summed E-state index contributed by atoms with van der Waals surface area (Å²) in [7, 11) is 0. The lowest BCUT2D eigenvalue weighted by molar-refractivity contribution is -0.139. The van der Waals surface area contributed by atoms with E-state index in [1.807, 2.05) is 13.8 Å². The molecule has 0 unspecified atom stereocenters. The molecular weight excluding hydrogens is 272 g/mol. The van der Waals surface area contributed by atoms with Gasteiger partial charge in [0, 0.05) is 19.1 Å². The van der Waals surface area contributed by atoms with Crippen molar-refractivity contribution in [2.75, 3.05) is 19.6 Å². The first-order valence-corrected chi connectivity index (χ1v) is 7.61. The predicted molar refractivity (Wildman–Crippen MR) is 77.3 cm³/mol. The molecule has 0 radical (unpaired) electrons.